The summed E-state index contributed by atoms with van der Waals surface area (Å²) in [5.41, 5.74) is 0. The molecule has 2 aliphatic rings. The van der Waals surface area contributed by atoms with Crippen molar-refractivity contribution in [3.63, 3.8) is 0 Å². The first kappa shape index (κ1) is 23.9. The quantitative estimate of drug-likeness (QED) is 0.334. The van der Waals surface area contributed by atoms with Crippen molar-refractivity contribution < 1.29 is 4.74 Å². The van der Waals surface area contributed by atoms with Crippen LogP contribution in [0.2, 0.25) is 0 Å². The maximum absolute atomic E-state index is 5.45. The molecule has 1 aromatic heterocycles. The minimum absolute atomic E-state index is 0.556. The number of likely N-dealkylation sites (tertiary alicyclic amines) is 1. The van der Waals surface area contributed by atoms with Gasteiger partial charge < -0.3 is 24.4 Å². The standard InChI is InChI=1S/C22H42N8O/c1-5-28(6-2)17-20-8-11-30(18-20)22(24-16-21-26-25-19(3)27(21)4)23-9-7-10-29-12-14-31-15-13-29/h20H,5-18H2,1-4H3,(H,23,24). The van der Waals surface area contributed by atoms with Crippen molar-refractivity contribution in [2.75, 3.05) is 72.1 Å². The van der Waals surface area contributed by atoms with Gasteiger partial charge in [0.05, 0.1) is 13.2 Å². The van der Waals surface area contributed by atoms with E-state index < -0.39 is 0 Å². The zero-order valence-electron chi connectivity index (χ0n) is 20.0. The van der Waals surface area contributed by atoms with E-state index >= 15 is 0 Å². The predicted molar refractivity (Wildman–Crippen MR) is 124 cm³/mol. The summed E-state index contributed by atoms with van der Waals surface area (Å²) in [5.74, 6) is 3.55. The number of hydrogen-bond donors (Lipinski definition) is 1. The highest BCUT2D eigenvalue weighted by molar-refractivity contribution is 5.80. The van der Waals surface area contributed by atoms with E-state index in [1.54, 1.807) is 0 Å². The lowest BCUT2D eigenvalue weighted by molar-refractivity contribution is 0.0375. The molecular weight excluding hydrogens is 392 g/mol. The summed E-state index contributed by atoms with van der Waals surface area (Å²) >= 11 is 0. The van der Waals surface area contributed by atoms with Crippen molar-refractivity contribution in [2.45, 2.75) is 40.2 Å². The topological polar surface area (TPSA) is 74.1 Å². The molecule has 2 fully saturated rings. The van der Waals surface area contributed by atoms with Gasteiger partial charge in [0.15, 0.2) is 11.8 Å². The Bertz CT molecular complexity index is 681. The monoisotopic (exact) mass is 434 g/mol. The van der Waals surface area contributed by atoms with Crippen LogP contribution in [0.25, 0.3) is 0 Å². The summed E-state index contributed by atoms with van der Waals surface area (Å²) < 4.78 is 7.47. The van der Waals surface area contributed by atoms with Gasteiger partial charge in [-0.2, -0.15) is 0 Å². The number of morpholine rings is 1. The van der Waals surface area contributed by atoms with Gasteiger partial charge in [0.2, 0.25) is 0 Å². The summed E-state index contributed by atoms with van der Waals surface area (Å²) in [7, 11) is 2.01. The van der Waals surface area contributed by atoms with Crippen molar-refractivity contribution in [3.05, 3.63) is 11.6 Å². The van der Waals surface area contributed by atoms with Crippen molar-refractivity contribution in [2.24, 2.45) is 18.0 Å². The van der Waals surface area contributed by atoms with Gasteiger partial charge in [-0.25, -0.2) is 4.99 Å². The summed E-state index contributed by atoms with van der Waals surface area (Å²) in [6, 6.07) is 0. The average Bonchev–Trinajstić information content (AvgIpc) is 3.39. The van der Waals surface area contributed by atoms with Crippen LogP contribution in [0.5, 0.6) is 0 Å². The third-order valence-corrected chi connectivity index (χ3v) is 6.59. The van der Waals surface area contributed by atoms with Crippen LogP contribution >= 0.6 is 0 Å². The number of guanidine groups is 1. The Hall–Kier alpha value is -1.71. The number of nitrogens with one attached hydrogen (secondary N) is 1. The largest absolute Gasteiger partial charge is 0.379 e. The fourth-order valence-electron chi connectivity index (χ4n) is 4.35. The van der Waals surface area contributed by atoms with Gasteiger partial charge in [-0.05, 0) is 45.3 Å². The van der Waals surface area contributed by atoms with Gasteiger partial charge in [0.1, 0.15) is 12.4 Å². The molecule has 3 heterocycles. The SMILES string of the molecule is CCN(CC)CC1CCN(C(=NCc2nnc(C)n2C)NCCCN2CCOCC2)C1. The van der Waals surface area contributed by atoms with Crippen LogP contribution in [0.3, 0.4) is 0 Å². The lowest BCUT2D eigenvalue weighted by Gasteiger charge is -2.27. The molecule has 1 atom stereocenters. The van der Waals surface area contributed by atoms with Crippen LogP contribution in [-0.4, -0.2) is 108 Å². The van der Waals surface area contributed by atoms with E-state index in [2.05, 4.69) is 44.1 Å². The maximum Gasteiger partial charge on any atom is 0.194 e. The van der Waals surface area contributed by atoms with Gasteiger partial charge in [-0.1, -0.05) is 13.8 Å². The maximum atomic E-state index is 5.45. The molecule has 0 radical (unpaired) electrons. The van der Waals surface area contributed by atoms with E-state index in [1.165, 1.54) is 13.0 Å². The summed E-state index contributed by atoms with van der Waals surface area (Å²) in [6.45, 7) is 18.5. The van der Waals surface area contributed by atoms with Crippen LogP contribution in [0.15, 0.2) is 4.99 Å². The highest BCUT2D eigenvalue weighted by atomic mass is 16.5. The first-order valence-corrected chi connectivity index (χ1v) is 12.0. The van der Waals surface area contributed by atoms with Crippen LogP contribution in [-0.2, 0) is 18.3 Å². The van der Waals surface area contributed by atoms with Crippen LogP contribution in [0.1, 0.15) is 38.3 Å². The number of hydrogen-bond acceptors (Lipinski definition) is 6. The second kappa shape index (κ2) is 12.4. The molecule has 3 rings (SSSR count). The average molecular weight is 435 g/mol. The van der Waals surface area contributed by atoms with Crippen LogP contribution in [0.4, 0.5) is 0 Å². The number of aromatic nitrogens is 3. The number of ether oxygens (including phenoxy) is 1. The molecule has 0 bridgehead atoms. The predicted octanol–water partition coefficient (Wildman–Crippen LogP) is 0.955. The first-order valence-electron chi connectivity index (χ1n) is 12.0. The first-order chi connectivity index (χ1) is 15.1. The van der Waals surface area contributed by atoms with Gasteiger partial charge in [0, 0.05) is 46.3 Å². The zero-order chi connectivity index (χ0) is 22.1. The molecular formula is C22H42N8O. The van der Waals surface area contributed by atoms with Gasteiger partial charge in [0.25, 0.3) is 0 Å². The molecule has 176 valence electrons. The van der Waals surface area contributed by atoms with Crippen molar-refractivity contribution in [1.82, 2.24) is 34.8 Å². The minimum Gasteiger partial charge on any atom is -0.379 e. The third-order valence-electron chi connectivity index (χ3n) is 6.59. The van der Waals surface area contributed by atoms with Crippen LogP contribution in [0, 0.1) is 12.8 Å². The molecule has 9 nitrogen and oxygen atoms in total. The molecule has 2 aliphatic heterocycles. The van der Waals surface area contributed by atoms with Gasteiger partial charge in [-0.3, -0.25) is 4.90 Å². The van der Waals surface area contributed by atoms with E-state index in [4.69, 9.17) is 9.73 Å². The molecule has 0 aromatic carbocycles. The van der Waals surface area contributed by atoms with E-state index in [0.717, 1.165) is 89.6 Å². The number of aryl methyl sites for hydroxylation is 1. The lowest BCUT2D eigenvalue weighted by atomic mass is 10.1. The van der Waals surface area contributed by atoms with E-state index in [0.29, 0.717) is 12.5 Å². The molecule has 0 amide bonds. The van der Waals surface area contributed by atoms with E-state index in [1.807, 2.05) is 18.5 Å². The normalized spacial score (nSPS) is 20.7. The number of rotatable bonds is 10. The highest BCUT2D eigenvalue weighted by Gasteiger charge is 2.26. The molecule has 0 aliphatic carbocycles. The summed E-state index contributed by atoms with van der Waals surface area (Å²) in [5, 5.41) is 12.1. The second-order valence-electron chi connectivity index (χ2n) is 8.68. The van der Waals surface area contributed by atoms with Crippen molar-refractivity contribution in [1.29, 1.82) is 0 Å². The minimum atomic E-state index is 0.556. The summed E-state index contributed by atoms with van der Waals surface area (Å²) in [4.78, 5) is 12.4. The highest BCUT2D eigenvalue weighted by Crippen LogP contribution is 2.18. The number of nitrogens with zero attached hydrogens (tertiary/aromatic N) is 7. The molecule has 0 spiro atoms. The molecule has 1 aromatic rings. The fourth-order valence-corrected chi connectivity index (χ4v) is 4.35. The Labute approximate surface area is 187 Å². The Morgan fingerprint density at radius 1 is 1.19 bits per heavy atom. The Morgan fingerprint density at radius 3 is 2.65 bits per heavy atom. The molecule has 1 unspecified atom stereocenters. The van der Waals surface area contributed by atoms with Gasteiger partial charge >= 0.3 is 0 Å². The fraction of sp³-hybridized carbons (Fsp3) is 0.864. The van der Waals surface area contributed by atoms with E-state index in [9.17, 15) is 0 Å². The summed E-state index contributed by atoms with van der Waals surface area (Å²) in [6.07, 6.45) is 2.34. The lowest BCUT2D eigenvalue weighted by Crippen LogP contribution is -2.42. The zero-order valence-corrected chi connectivity index (χ0v) is 20.0. The van der Waals surface area contributed by atoms with E-state index in [-0.39, 0.29) is 0 Å². The smallest absolute Gasteiger partial charge is 0.194 e. The Morgan fingerprint density at radius 2 is 1.97 bits per heavy atom. The molecule has 9 heteroatoms. The van der Waals surface area contributed by atoms with Gasteiger partial charge in [-0.15, -0.1) is 10.2 Å². The van der Waals surface area contributed by atoms with Crippen molar-refractivity contribution >= 4 is 5.96 Å². The van der Waals surface area contributed by atoms with Crippen LogP contribution < -0.4 is 5.32 Å². The Balaban J connectivity index is 1.56. The molecule has 31 heavy (non-hydrogen) atoms. The molecule has 0 saturated carbocycles. The second-order valence-corrected chi connectivity index (χ2v) is 8.68. The van der Waals surface area contributed by atoms with Crippen molar-refractivity contribution in [3.8, 4) is 0 Å². The molecule has 1 N–H and O–H groups in total. The third kappa shape index (κ3) is 7.15. The Kier molecular flexibility index (Phi) is 9.54. The number of aliphatic imine (C=N–C) groups is 1. The molecule has 2 saturated heterocycles.